The maximum Gasteiger partial charge on any atom is 0.126 e. The lowest BCUT2D eigenvalue weighted by atomic mass is 9.98. The number of aryl methyl sites for hydroxylation is 1. The van der Waals surface area contributed by atoms with E-state index in [1.807, 2.05) is 12.1 Å². The van der Waals surface area contributed by atoms with Crippen LogP contribution in [0.5, 0.6) is 5.75 Å². The summed E-state index contributed by atoms with van der Waals surface area (Å²) in [5.74, 6) is 0.465. The number of rotatable bonds is 3. The monoisotopic (exact) mass is 272 g/mol. The highest BCUT2D eigenvalue weighted by molar-refractivity contribution is 5.32. The van der Waals surface area contributed by atoms with Crippen molar-refractivity contribution in [2.45, 2.75) is 19.4 Å². The molecule has 0 saturated heterocycles. The molecule has 2 aromatic rings. The number of ether oxygens (including phenoxy) is 2. The molecule has 0 aromatic heterocycles. The molecule has 0 radical (unpaired) electrons. The fourth-order valence-electron chi connectivity index (χ4n) is 2.49. The summed E-state index contributed by atoms with van der Waals surface area (Å²) in [5.41, 5.74) is 3.10. The summed E-state index contributed by atoms with van der Waals surface area (Å²) < 4.78 is 24.7. The van der Waals surface area contributed by atoms with Crippen LogP contribution in [-0.2, 0) is 11.2 Å². The molecule has 1 atom stereocenters. The Balaban J connectivity index is 1.71. The van der Waals surface area contributed by atoms with Gasteiger partial charge in [0.25, 0.3) is 0 Å². The van der Waals surface area contributed by atoms with E-state index in [0.29, 0.717) is 24.5 Å². The van der Waals surface area contributed by atoms with Crippen molar-refractivity contribution in [1.29, 1.82) is 0 Å². The molecule has 3 heteroatoms. The first-order valence-corrected chi connectivity index (χ1v) is 6.82. The molecule has 2 nitrogen and oxygen atoms in total. The molecule has 0 saturated carbocycles. The lowest BCUT2D eigenvalue weighted by molar-refractivity contribution is 0.0102. The van der Waals surface area contributed by atoms with Crippen molar-refractivity contribution in [3.05, 3.63) is 65.0 Å². The van der Waals surface area contributed by atoms with Gasteiger partial charge in [0, 0.05) is 0 Å². The Bertz CT molecular complexity index is 610. The summed E-state index contributed by atoms with van der Waals surface area (Å²) in [5, 5.41) is 0. The molecule has 0 amide bonds. The predicted octanol–water partition coefficient (Wildman–Crippen LogP) is 3.83. The van der Waals surface area contributed by atoms with E-state index >= 15 is 0 Å². The first-order chi connectivity index (χ1) is 9.74. The van der Waals surface area contributed by atoms with Gasteiger partial charge >= 0.3 is 0 Å². The normalized spacial score (nSPS) is 17.6. The Morgan fingerprint density at radius 2 is 2.10 bits per heavy atom. The van der Waals surface area contributed by atoms with Crippen molar-refractivity contribution in [1.82, 2.24) is 0 Å². The minimum absolute atomic E-state index is 0.0506. The van der Waals surface area contributed by atoms with E-state index in [1.165, 1.54) is 17.2 Å². The van der Waals surface area contributed by atoms with Crippen LogP contribution in [0.25, 0.3) is 0 Å². The van der Waals surface area contributed by atoms with Crippen LogP contribution in [0.3, 0.4) is 0 Å². The van der Waals surface area contributed by atoms with Crippen LogP contribution in [0.4, 0.5) is 4.39 Å². The van der Waals surface area contributed by atoms with Crippen LogP contribution in [0.15, 0.2) is 42.5 Å². The van der Waals surface area contributed by atoms with Gasteiger partial charge in [0.15, 0.2) is 0 Å². The molecule has 1 heterocycles. The minimum Gasteiger partial charge on any atom is -0.491 e. The molecule has 1 aliphatic heterocycles. The average Bonchev–Trinajstić information content (AvgIpc) is 2.48. The van der Waals surface area contributed by atoms with E-state index in [9.17, 15) is 4.39 Å². The summed E-state index contributed by atoms with van der Waals surface area (Å²) in [6.07, 6.45) is 0.896. The highest BCUT2D eigenvalue weighted by atomic mass is 19.1. The zero-order chi connectivity index (χ0) is 13.9. The molecular formula is C17H17FO2. The van der Waals surface area contributed by atoms with Gasteiger partial charge in [-0.15, -0.1) is 0 Å². The second-order valence-corrected chi connectivity index (χ2v) is 5.03. The minimum atomic E-state index is -0.211. The molecule has 0 aliphatic carbocycles. The first-order valence-electron chi connectivity index (χ1n) is 6.82. The quantitative estimate of drug-likeness (QED) is 0.845. The SMILES string of the molecule is Cc1cc(OCC2OCCc3ccccc32)ccc1F. The van der Waals surface area contributed by atoms with Crippen molar-refractivity contribution in [2.75, 3.05) is 13.2 Å². The molecule has 0 spiro atoms. The third kappa shape index (κ3) is 2.68. The van der Waals surface area contributed by atoms with Gasteiger partial charge in [-0.05, 0) is 48.2 Å². The second-order valence-electron chi connectivity index (χ2n) is 5.03. The standard InChI is InChI=1S/C17H17FO2/c1-12-10-14(6-7-16(12)18)20-11-17-15-5-3-2-4-13(15)8-9-19-17/h2-7,10,17H,8-9,11H2,1H3. The van der Waals surface area contributed by atoms with E-state index < -0.39 is 0 Å². The Kier molecular flexibility index (Phi) is 3.70. The number of hydrogen-bond acceptors (Lipinski definition) is 2. The van der Waals surface area contributed by atoms with Crippen LogP contribution in [0.1, 0.15) is 22.8 Å². The number of fused-ring (bicyclic) bond motifs is 1. The smallest absolute Gasteiger partial charge is 0.126 e. The van der Waals surface area contributed by atoms with Gasteiger partial charge in [0.2, 0.25) is 0 Å². The van der Waals surface area contributed by atoms with Crippen LogP contribution < -0.4 is 4.74 Å². The molecule has 2 aromatic carbocycles. The highest BCUT2D eigenvalue weighted by Gasteiger charge is 2.20. The highest BCUT2D eigenvalue weighted by Crippen LogP contribution is 2.28. The molecule has 1 unspecified atom stereocenters. The lowest BCUT2D eigenvalue weighted by Gasteiger charge is -2.26. The van der Waals surface area contributed by atoms with Crippen LogP contribution in [0.2, 0.25) is 0 Å². The summed E-state index contributed by atoms with van der Waals surface area (Å²) in [7, 11) is 0. The zero-order valence-corrected chi connectivity index (χ0v) is 11.4. The Morgan fingerprint density at radius 3 is 2.95 bits per heavy atom. The van der Waals surface area contributed by atoms with Gasteiger partial charge in [-0.3, -0.25) is 0 Å². The second kappa shape index (κ2) is 5.63. The Labute approximate surface area is 118 Å². The molecule has 1 aliphatic rings. The molecule has 3 rings (SSSR count). The molecular weight excluding hydrogens is 255 g/mol. The third-order valence-electron chi connectivity index (χ3n) is 3.62. The van der Waals surface area contributed by atoms with Crippen LogP contribution >= 0.6 is 0 Å². The van der Waals surface area contributed by atoms with Crippen molar-refractivity contribution < 1.29 is 13.9 Å². The van der Waals surface area contributed by atoms with Crippen molar-refractivity contribution in [3.8, 4) is 5.75 Å². The largest absolute Gasteiger partial charge is 0.491 e. The van der Waals surface area contributed by atoms with E-state index in [-0.39, 0.29) is 11.9 Å². The fourth-order valence-corrected chi connectivity index (χ4v) is 2.49. The molecule has 0 N–H and O–H groups in total. The molecule has 104 valence electrons. The van der Waals surface area contributed by atoms with E-state index in [0.717, 1.165) is 6.42 Å². The molecule has 0 fully saturated rings. The van der Waals surface area contributed by atoms with Crippen LogP contribution in [0, 0.1) is 12.7 Å². The van der Waals surface area contributed by atoms with E-state index in [1.54, 1.807) is 19.1 Å². The first kappa shape index (κ1) is 13.1. The van der Waals surface area contributed by atoms with E-state index in [2.05, 4.69) is 12.1 Å². The van der Waals surface area contributed by atoms with Crippen LogP contribution in [-0.4, -0.2) is 13.2 Å². The van der Waals surface area contributed by atoms with Gasteiger partial charge in [0.1, 0.15) is 24.3 Å². The Hall–Kier alpha value is -1.87. The maximum absolute atomic E-state index is 13.2. The van der Waals surface area contributed by atoms with Gasteiger partial charge in [0.05, 0.1) is 6.61 Å². The van der Waals surface area contributed by atoms with Gasteiger partial charge < -0.3 is 9.47 Å². The zero-order valence-electron chi connectivity index (χ0n) is 11.4. The number of benzene rings is 2. The van der Waals surface area contributed by atoms with Crippen molar-refractivity contribution in [3.63, 3.8) is 0 Å². The maximum atomic E-state index is 13.2. The topological polar surface area (TPSA) is 18.5 Å². The molecule has 20 heavy (non-hydrogen) atoms. The average molecular weight is 272 g/mol. The van der Waals surface area contributed by atoms with Gasteiger partial charge in [-0.1, -0.05) is 24.3 Å². The number of hydrogen-bond donors (Lipinski definition) is 0. The Morgan fingerprint density at radius 1 is 1.25 bits per heavy atom. The number of halogens is 1. The summed E-state index contributed by atoms with van der Waals surface area (Å²) >= 11 is 0. The lowest BCUT2D eigenvalue weighted by Crippen LogP contribution is -2.21. The summed E-state index contributed by atoms with van der Waals surface area (Å²) in [4.78, 5) is 0. The van der Waals surface area contributed by atoms with Crippen molar-refractivity contribution >= 4 is 0 Å². The fraction of sp³-hybridized carbons (Fsp3) is 0.294. The summed E-state index contributed by atoms with van der Waals surface area (Å²) in [6.45, 7) is 2.89. The third-order valence-corrected chi connectivity index (χ3v) is 3.62. The predicted molar refractivity (Wildman–Crippen MR) is 75.5 cm³/mol. The summed E-state index contributed by atoms with van der Waals surface area (Å²) in [6, 6.07) is 13.1. The van der Waals surface area contributed by atoms with E-state index in [4.69, 9.17) is 9.47 Å². The van der Waals surface area contributed by atoms with Crippen molar-refractivity contribution in [2.24, 2.45) is 0 Å². The molecule has 0 bridgehead atoms. The van der Waals surface area contributed by atoms with Gasteiger partial charge in [-0.25, -0.2) is 4.39 Å². The van der Waals surface area contributed by atoms with Gasteiger partial charge in [-0.2, -0.15) is 0 Å².